The number of rotatable bonds is 4. The summed E-state index contributed by atoms with van der Waals surface area (Å²) in [5, 5.41) is 3.84. The number of amides is 1. The van der Waals surface area contributed by atoms with E-state index in [9.17, 15) is 4.79 Å². The number of carbonyl (C=O) groups excluding carboxylic acids is 1. The molecule has 1 aromatic carbocycles. The topological polar surface area (TPSA) is 20.3 Å². The van der Waals surface area contributed by atoms with Crippen LogP contribution < -0.4 is 0 Å². The van der Waals surface area contributed by atoms with Crippen molar-refractivity contribution in [1.29, 1.82) is 0 Å². The lowest BCUT2D eigenvalue weighted by Crippen LogP contribution is -2.38. The second-order valence-corrected chi connectivity index (χ2v) is 6.13. The minimum absolute atomic E-state index is 0.127. The molecule has 0 aliphatic heterocycles. The molecule has 1 aromatic heterocycles. The zero-order valence-corrected chi connectivity index (χ0v) is 12.9. The van der Waals surface area contributed by atoms with Crippen LogP contribution in [0.25, 0.3) is 10.1 Å². The summed E-state index contributed by atoms with van der Waals surface area (Å²) in [5.41, 5.74) is 0.824. The fourth-order valence-corrected chi connectivity index (χ4v) is 3.30. The number of benzene rings is 1. The molecule has 18 heavy (non-hydrogen) atoms. The Hall–Kier alpha value is -0.870. The van der Waals surface area contributed by atoms with Crippen molar-refractivity contribution in [2.75, 3.05) is 11.9 Å². The van der Waals surface area contributed by atoms with Crippen molar-refractivity contribution in [3.05, 3.63) is 35.2 Å². The van der Waals surface area contributed by atoms with Gasteiger partial charge in [-0.2, -0.15) is 0 Å². The maximum atomic E-state index is 12.6. The van der Waals surface area contributed by atoms with Crippen LogP contribution >= 0.6 is 27.3 Å². The second kappa shape index (κ2) is 5.85. The zero-order chi connectivity index (χ0) is 13.1. The highest BCUT2D eigenvalue weighted by molar-refractivity contribution is 9.09. The molecule has 0 spiro atoms. The summed E-state index contributed by atoms with van der Waals surface area (Å²) in [6, 6.07) is 8.28. The number of alkyl halides is 1. The predicted molar refractivity (Wildman–Crippen MR) is 81.8 cm³/mol. The molecule has 2 nitrogen and oxygen atoms in total. The predicted octanol–water partition coefficient (Wildman–Crippen LogP) is 4.15. The molecule has 4 heteroatoms. The van der Waals surface area contributed by atoms with Gasteiger partial charge in [0.15, 0.2) is 0 Å². The molecule has 1 heterocycles. The average molecular weight is 326 g/mol. The Balaban J connectivity index is 2.38. The number of fused-ring (bicyclic) bond motifs is 1. The Bertz CT molecular complexity index is 549. The van der Waals surface area contributed by atoms with Crippen molar-refractivity contribution in [1.82, 2.24) is 4.90 Å². The third-order valence-corrected chi connectivity index (χ3v) is 4.24. The van der Waals surface area contributed by atoms with E-state index >= 15 is 0 Å². The molecule has 96 valence electrons. The van der Waals surface area contributed by atoms with Gasteiger partial charge in [0.1, 0.15) is 0 Å². The standard InChI is InChI=1S/C14H16BrNOS/c1-10(2)16(8-7-15)14(17)12-9-18-13-6-4-3-5-11(12)13/h3-6,9-10H,7-8H2,1-2H3. The summed E-state index contributed by atoms with van der Waals surface area (Å²) in [6.07, 6.45) is 0. The summed E-state index contributed by atoms with van der Waals surface area (Å²) >= 11 is 5.04. The van der Waals surface area contributed by atoms with Crippen LogP contribution in [0.4, 0.5) is 0 Å². The van der Waals surface area contributed by atoms with Gasteiger partial charge >= 0.3 is 0 Å². The second-order valence-electron chi connectivity index (χ2n) is 4.43. The summed E-state index contributed by atoms with van der Waals surface area (Å²) < 4.78 is 1.17. The van der Waals surface area contributed by atoms with Gasteiger partial charge in [0.05, 0.1) is 5.56 Å². The number of carbonyl (C=O) groups is 1. The highest BCUT2D eigenvalue weighted by atomic mass is 79.9. The summed E-state index contributed by atoms with van der Waals surface area (Å²) in [7, 11) is 0. The van der Waals surface area contributed by atoms with E-state index in [0.717, 1.165) is 22.8 Å². The minimum atomic E-state index is 0.127. The molecule has 0 bridgehead atoms. The molecule has 0 radical (unpaired) electrons. The van der Waals surface area contributed by atoms with Crippen molar-refractivity contribution < 1.29 is 4.79 Å². The average Bonchev–Trinajstić information content (AvgIpc) is 2.78. The van der Waals surface area contributed by atoms with Crippen molar-refractivity contribution in [2.45, 2.75) is 19.9 Å². The summed E-state index contributed by atoms with van der Waals surface area (Å²) in [6.45, 7) is 4.84. The first-order valence-corrected chi connectivity index (χ1v) is 7.98. The molecular weight excluding hydrogens is 310 g/mol. The van der Waals surface area contributed by atoms with Crippen molar-refractivity contribution in [2.24, 2.45) is 0 Å². The van der Waals surface area contributed by atoms with Crippen LogP contribution in [0.15, 0.2) is 29.6 Å². The maximum absolute atomic E-state index is 12.6. The van der Waals surface area contributed by atoms with Crippen LogP contribution in [-0.4, -0.2) is 28.7 Å². The molecule has 0 aliphatic rings. The van der Waals surface area contributed by atoms with E-state index < -0.39 is 0 Å². The van der Waals surface area contributed by atoms with Gasteiger partial charge < -0.3 is 4.90 Å². The van der Waals surface area contributed by atoms with E-state index in [1.165, 1.54) is 4.70 Å². The fraction of sp³-hybridized carbons (Fsp3) is 0.357. The normalized spacial score (nSPS) is 11.1. The van der Waals surface area contributed by atoms with E-state index in [1.807, 2.05) is 28.5 Å². The van der Waals surface area contributed by atoms with Crippen molar-refractivity contribution in [3.8, 4) is 0 Å². The monoisotopic (exact) mass is 325 g/mol. The summed E-state index contributed by atoms with van der Waals surface area (Å²) in [4.78, 5) is 14.5. The Kier molecular flexibility index (Phi) is 4.40. The van der Waals surface area contributed by atoms with Gasteiger partial charge in [0, 0.05) is 33.4 Å². The Morgan fingerprint density at radius 2 is 2.11 bits per heavy atom. The third kappa shape index (κ3) is 2.59. The highest BCUT2D eigenvalue weighted by Crippen LogP contribution is 2.27. The largest absolute Gasteiger partial charge is 0.335 e. The van der Waals surface area contributed by atoms with Gasteiger partial charge in [-0.1, -0.05) is 34.1 Å². The van der Waals surface area contributed by atoms with Crippen LogP contribution in [-0.2, 0) is 0 Å². The number of nitrogens with zero attached hydrogens (tertiary/aromatic N) is 1. The number of hydrogen-bond acceptors (Lipinski definition) is 2. The SMILES string of the molecule is CC(C)N(CCBr)C(=O)c1csc2ccccc12. The first kappa shape index (κ1) is 13.6. The van der Waals surface area contributed by atoms with Crippen LogP contribution in [0.1, 0.15) is 24.2 Å². The molecule has 0 saturated carbocycles. The number of thiophene rings is 1. The number of halogens is 1. The first-order chi connectivity index (χ1) is 8.65. The highest BCUT2D eigenvalue weighted by Gasteiger charge is 2.20. The van der Waals surface area contributed by atoms with Gasteiger partial charge in [0.2, 0.25) is 0 Å². The van der Waals surface area contributed by atoms with Crippen LogP contribution in [0.3, 0.4) is 0 Å². The van der Waals surface area contributed by atoms with Crippen LogP contribution in [0.5, 0.6) is 0 Å². The molecule has 2 aromatic rings. The van der Waals surface area contributed by atoms with E-state index in [-0.39, 0.29) is 11.9 Å². The zero-order valence-electron chi connectivity index (χ0n) is 10.5. The van der Waals surface area contributed by atoms with Crippen LogP contribution in [0.2, 0.25) is 0 Å². The fourth-order valence-electron chi connectivity index (χ4n) is 1.98. The minimum Gasteiger partial charge on any atom is -0.335 e. The molecule has 0 saturated heterocycles. The van der Waals surface area contributed by atoms with E-state index in [2.05, 4.69) is 35.8 Å². The Labute approximate surface area is 120 Å². The molecule has 1 amide bonds. The Morgan fingerprint density at radius 3 is 2.78 bits per heavy atom. The molecule has 0 aliphatic carbocycles. The molecule has 0 unspecified atom stereocenters. The van der Waals surface area contributed by atoms with Crippen molar-refractivity contribution in [3.63, 3.8) is 0 Å². The lowest BCUT2D eigenvalue weighted by Gasteiger charge is -2.25. The maximum Gasteiger partial charge on any atom is 0.255 e. The molecule has 0 fully saturated rings. The third-order valence-electron chi connectivity index (χ3n) is 2.92. The Morgan fingerprint density at radius 1 is 1.39 bits per heavy atom. The lowest BCUT2D eigenvalue weighted by molar-refractivity contribution is 0.0722. The van der Waals surface area contributed by atoms with Gasteiger partial charge in [-0.15, -0.1) is 11.3 Å². The van der Waals surface area contributed by atoms with Gasteiger partial charge in [0.25, 0.3) is 5.91 Å². The van der Waals surface area contributed by atoms with E-state index in [1.54, 1.807) is 11.3 Å². The quantitative estimate of drug-likeness (QED) is 0.773. The van der Waals surface area contributed by atoms with Crippen LogP contribution in [0, 0.1) is 0 Å². The smallest absolute Gasteiger partial charge is 0.255 e. The first-order valence-electron chi connectivity index (χ1n) is 5.98. The molecular formula is C14H16BrNOS. The number of hydrogen-bond donors (Lipinski definition) is 0. The molecule has 2 rings (SSSR count). The van der Waals surface area contributed by atoms with E-state index in [4.69, 9.17) is 0 Å². The van der Waals surface area contributed by atoms with Gasteiger partial charge in [-0.05, 0) is 19.9 Å². The van der Waals surface area contributed by atoms with Gasteiger partial charge in [-0.3, -0.25) is 4.79 Å². The molecule has 0 N–H and O–H groups in total. The molecule has 0 atom stereocenters. The van der Waals surface area contributed by atoms with Crippen molar-refractivity contribution >= 4 is 43.3 Å². The lowest BCUT2D eigenvalue weighted by atomic mass is 10.1. The summed E-state index contributed by atoms with van der Waals surface area (Å²) in [5.74, 6) is 0.127. The van der Waals surface area contributed by atoms with E-state index in [0.29, 0.717) is 0 Å². The van der Waals surface area contributed by atoms with Gasteiger partial charge in [-0.25, -0.2) is 0 Å².